The number of pyridine rings is 1. The summed E-state index contributed by atoms with van der Waals surface area (Å²) < 4.78 is 29.8. The number of rotatable bonds is 3. The van der Waals surface area contributed by atoms with Crippen molar-refractivity contribution in [3.05, 3.63) is 28.6 Å². The molecule has 0 spiro atoms. The Morgan fingerprint density at radius 1 is 1.71 bits per heavy atom. The third-order valence-electron chi connectivity index (χ3n) is 2.03. The quantitative estimate of drug-likeness (QED) is 0.618. The third-order valence-corrected chi connectivity index (χ3v) is 2.30. The maximum atomic E-state index is 12.7. The van der Waals surface area contributed by atoms with E-state index in [1.807, 2.05) is 0 Å². The molecular weight excluding hydrogens is 254 g/mol. The Morgan fingerprint density at radius 2 is 2.35 bits per heavy atom. The fourth-order valence-electron chi connectivity index (χ4n) is 1.23. The molecule has 0 aliphatic heterocycles. The van der Waals surface area contributed by atoms with Crippen LogP contribution in [0, 0.1) is 11.3 Å². The zero-order chi connectivity index (χ0) is 13.0. The second-order valence-electron chi connectivity index (χ2n) is 2.96. The van der Waals surface area contributed by atoms with Crippen LogP contribution in [0.2, 0.25) is 0 Å². The summed E-state index contributed by atoms with van der Waals surface area (Å²) in [5, 5.41) is 8.77. The molecule has 90 valence electrons. The fourth-order valence-corrected chi connectivity index (χ4v) is 1.51. The van der Waals surface area contributed by atoms with E-state index in [4.69, 9.17) is 16.9 Å². The maximum absolute atomic E-state index is 12.7. The van der Waals surface area contributed by atoms with Crippen LogP contribution >= 0.6 is 11.6 Å². The first kappa shape index (κ1) is 13.3. The normalized spacial score (nSPS) is 10.1. The zero-order valence-corrected chi connectivity index (χ0v) is 9.46. The van der Waals surface area contributed by atoms with E-state index in [0.29, 0.717) is 0 Å². The molecule has 4 nitrogen and oxygen atoms in total. The summed E-state index contributed by atoms with van der Waals surface area (Å²) in [4.78, 5) is 14.8. The first-order chi connectivity index (χ1) is 8.04. The van der Waals surface area contributed by atoms with E-state index in [-0.39, 0.29) is 22.8 Å². The van der Waals surface area contributed by atoms with Crippen molar-refractivity contribution in [2.75, 3.05) is 7.11 Å². The van der Waals surface area contributed by atoms with Crippen LogP contribution in [0.25, 0.3) is 0 Å². The van der Waals surface area contributed by atoms with Gasteiger partial charge < -0.3 is 4.74 Å². The van der Waals surface area contributed by atoms with Crippen molar-refractivity contribution in [3.63, 3.8) is 0 Å². The van der Waals surface area contributed by atoms with Gasteiger partial charge in [-0.15, -0.1) is 11.6 Å². The minimum Gasteiger partial charge on any atom is -0.464 e. The highest BCUT2D eigenvalue weighted by Gasteiger charge is 2.21. The fraction of sp³-hybridized carbons (Fsp3) is 0.300. The Kier molecular flexibility index (Phi) is 4.35. The van der Waals surface area contributed by atoms with Crippen LogP contribution in [-0.4, -0.2) is 18.1 Å². The van der Waals surface area contributed by atoms with E-state index in [1.165, 1.54) is 0 Å². The van der Waals surface area contributed by atoms with E-state index in [1.54, 1.807) is 6.07 Å². The van der Waals surface area contributed by atoms with E-state index in [2.05, 4.69) is 9.72 Å². The molecule has 0 saturated carbocycles. The smallest absolute Gasteiger partial charge is 0.356 e. The molecule has 0 N–H and O–H groups in total. The molecule has 0 aliphatic rings. The summed E-state index contributed by atoms with van der Waals surface area (Å²) in [7, 11) is 1.09. The molecule has 0 saturated heterocycles. The van der Waals surface area contributed by atoms with Crippen LogP contribution in [0.1, 0.15) is 33.7 Å². The number of nitriles is 1. The highest BCUT2D eigenvalue weighted by molar-refractivity contribution is 6.17. The highest BCUT2D eigenvalue weighted by atomic mass is 35.5. The summed E-state index contributed by atoms with van der Waals surface area (Å²) in [5.74, 6) is -1.17. The van der Waals surface area contributed by atoms with Gasteiger partial charge in [0.15, 0.2) is 0 Å². The highest BCUT2D eigenvalue weighted by Crippen LogP contribution is 2.27. The lowest BCUT2D eigenvalue weighted by Crippen LogP contribution is -2.09. The Labute approximate surface area is 101 Å². The molecule has 7 heteroatoms. The van der Waals surface area contributed by atoms with Crippen LogP contribution in [-0.2, 0) is 10.6 Å². The molecule has 0 fully saturated rings. The Morgan fingerprint density at radius 3 is 2.76 bits per heavy atom. The van der Waals surface area contributed by atoms with Gasteiger partial charge in [-0.2, -0.15) is 5.26 Å². The molecule has 1 heterocycles. The van der Waals surface area contributed by atoms with Crippen LogP contribution in [0.4, 0.5) is 8.78 Å². The van der Waals surface area contributed by atoms with Crippen molar-refractivity contribution >= 4 is 17.6 Å². The van der Waals surface area contributed by atoms with Gasteiger partial charge in [0.1, 0.15) is 17.5 Å². The molecule has 0 aromatic carbocycles. The third kappa shape index (κ3) is 2.68. The summed E-state index contributed by atoms with van der Waals surface area (Å²) >= 11 is 5.49. The van der Waals surface area contributed by atoms with Crippen LogP contribution in [0.3, 0.4) is 0 Å². The first-order valence-corrected chi connectivity index (χ1v) is 4.95. The number of carbonyl (C=O) groups is 1. The SMILES string of the molecule is COC(=O)c1cc(C(F)F)c(CCl)c(C#N)n1. The van der Waals surface area contributed by atoms with E-state index < -0.39 is 18.0 Å². The average molecular weight is 261 g/mol. The number of hydrogen-bond acceptors (Lipinski definition) is 4. The second-order valence-corrected chi connectivity index (χ2v) is 3.23. The Balaban J connectivity index is 3.47. The van der Waals surface area contributed by atoms with Gasteiger partial charge in [-0.1, -0.05) is 0 Å². The van der Waals surface area contributed by atoms with Crippen LogP contribution in [0.5, 0.6) is 0 Å². The number of alkyl halides is 3. The Bertz CT molecular complexity index is 486. The van der Waals surface area contributed by atoms with Crippen LogP contribution < -0.4 is 0 Å². The molecular formula is C10H7ClF2N2O2. The van der Waals surface area contributed by atoms with Crippen molar-refractivity contribution < 1.29 is 18.3 Å². The van der Waals surface area contributed by atoms with E-state index >= 15 is 0 Å². The van der Waals surface area contributed by atoms with Gasteiger partial charge in [0.2, 0.25) is 0 Å². The van der Waals surface area contributed by atoms with Crippen molar-refractivity contribution in [2.24, 2.45) is 0 Å². The van der Waals surface area contributed by atoms with Crippen molar-refractivity contribution in [1.82, 2.24) is 4.98 Å². The predicted octanol–water partition coefficient (Wildman–Crippen LogP) is 2.42. The van der Waals surface area contributed by atoms with Crippen molar-refractivity contribution in [1.29, 1.82) is 5.26 Å². The molecule has 0 amide bonds. The first-order valence-electron chi connectivity index (χ1n) is 4.41. The molecule has 1 rings (SSSR count). The molecule has 17 heavy (non-hydrogen) atoms. The number of halogens is 3. The van der Waals surface area contributed by atoms with Crippen molar-refractivity contribution in [3.8, 4) is 6.07 Å². The topological polar surface area (TPSA) is 63.0 Å². The van der Waals surface area contributed by atoms with Gasteiger partial charge in [0, 0.05) is 11.1 Å². The zero-order valence-electron chi connectivity index (χ0n) is 8.71. The summed E-state index contributed by atoms with van der Waals surface area (Å²) in [5.41, 5.74) is -1.19. The monoisotopic (exact) mass is 260 g/mol. The largest absolute Gasteiger partial charge is 0.464 e. The lowest BCUT2D eigenvalue weighted by Gasteiger charge is -2.09. The standard InChI is InChI=1S/C10H7ClF2N2O2/c1-17-10(16)7-2-5(9(12)13)6(3-11)8(4-14)15-7/h2,9H,3H2,1H3. The van der Waals surface area contributed by atoms with Gasteiger partial charge in [-0.05, 0) is 6.07 Å². The molecule has 0 aliphatic carbocycles. The minimum absolute atomic E-state index is 0.0724. The van der Waals surface area contributed by atoms with Gasteiger partial charge in [0.25, 0.3) is 6.43 Å². The van der Waals surface area contributed by atoms with Gasteiger partial charge in [0.05, 0.1) is 13.0 Å². The molecule has 1 aromatic heterocycles. The number of carbonyl (C=O) groups excluding carboxylic acids is 1. The van der Waals surface area contributed by atoms with Crippen molar-refractivity contribution in [2.45, 2.75) is 12.3 Å². The van der Waals surface area contributed by atoms with Gasteiger partial charge in [-0.3, -0.25) is 0 Å². The molecule has 0 radical (unpaired) electrons. The number of methoxy groups -OCH3 is 1. The Hall–Kier alpha value is -1.74. The van der Waals surface area contributed by atoms with E-state index in [9.17, 15) is 13.6 Å². The number of esters is 1. The van der Waals surface area contributed by atoms with Crippen LogP contribution in [0.15, 0.2) is 6.07 Å². The van der Waals surface area contributed by atoms with Gasteiger partial charge in [-0.25, -0.2) is 18.6 Å². The lowest BCUT2D eigenvalue weighted by atomic mass is 10.1. The minimum atomic E-state index is -2.85. The molecule has 0 atom stereocenters. The predicted molar refractivity (Wildman–Crippen MR) is 54.8 cm³/mol. The average Bonchev–Trinajstić information content (AvgIpc) is 2.35. The number of hydrogen-bond donors (Lipinski definition) is 0. The lowest BCUT2D eigenvalue weighted by molar-refractivity contribution is 0.0593. The molecule has 0 unspecified atom stereocenters. The summed E-state index contributed by atoms with van der Waals surface area (Å²) in [6.07, 6.45) is -2.85. The van der Waals surface area contributed by atoms with Gasteiger partial charge >= 0.3 is 5.97 Å². The molecule has 0 bridgehead atoms. The molecule has 1 aromatic rings. The number of ether oxygens (including phenoxy) is 1. The summed E-state index contributed by atoms with van der Waals surface area (Å²) in [6.45, 7) is 0. The number of nitrogens with zero attached hydrogens (tertiary/aromatic N) is 2. The maximum Gasteiger partial charge on any atom is 0.356 e. The van der Waals surface area contributed by atoms with E-state index in [0.717, 1.165) is 13.2 Å². The second kappa shape index (κ2) is 5.55. The number of aromatic nitrogens is 1. The summed E-state index contributed by atoms with van der Waals surface area (Å²) in [6, 6.07) is 2.51.